The van der Waals surface area contributed by atoms with Crippen LogP contribution in [0.2, 0.25) is 0 Å². The minimum absolute atomic E-state index is 0.225. The van der Waals surface area contributed by atoms with Crippen molar-refractivity contribution in [2.45, 2.75) is 34.6 Å². The fourth-order valence-electron chi connectivity index (χ4n) is 4.51. The topological polar surface area (TPSA) is 60.8 Å². The first-order valence-corrected chi connectivity index (χ1v) is 11.8. The molecule has 180 valence electrons. The van der Waals surface area contributed by atoms with E-state index in [-0.39, 0.29) is 18.1 Å². The number of para-hydroxylation sites is 1. The Morgan fingerprint density at radius 3 is 2.23 bits per heavy atom. The maximum absolute atomic E-state index is 13.7. The molecule has 1 aliphatic heterocycles. The van der Waals surface area contributed by atoms with Gasteiger partial charge in [-0.05, 0) is 88.7 Å². The van der Waals surface area contributed by atoms with Gasteiger partial charge in [0.15, 0.2) is 0 Å². The predicted octanol–water partition coefficient (Wildman–Crippen LogP) is 5.76. The number of benzene rings is 2. The molecule has 0 atom stereocenters. The lowest BCUT2D eigenvalue weighted by molar-refractivity contribution is -0.138. The van der Waals surface area contributed by atoms with E-state index < -0.39 is 5.97 Å². The summed E-state index contributed by atoms with van der Waals surface area (Å²) in [5.41, 5.74) is 5.74. The number of carbonyl (C=O) groups is 2. The molecule has 0 fully saturated rings. The van der Waals surface area contributed by atoms with Crippen molar-refractivity contribution in [3.05, 3.63) is 94.5 Å². The molecule has 0 aliphatic carbocycles. The Morgan fingerprint density at radius 1 is 0.914 bits per heavy atom. The lowest BCUT2D eigenvalue weighted by Crippen LogP contribution is -2.24. The Hall–Kier alpha value is -4.06. The SMILES string of the molecule is CCOC(=O)C1=C(C)N(c2ccc(OCC)cc2)C(=O)/C1=C/c1cc(C)n(-c2ccccc2)c1C. The molecular formula is C29H30N2O4. The van der Waals surface area contributed by atoms with E-state index in [0.717, 1.165) is 28.4 Å². The summed E-state index contributed by atoms with van der Waals surface area (Å²) in [5, 5.41) is 0. The van der Waals surface area contributed by atoms with Crippen molar-refractivity contribution in [1.82, 2.24) is 4.57 Å². The summed E-state index contributed by atoms with van der Waals surface area (Å²) in [6.45, 7) is 10.3. The summed E-state index contributed by atoms with van der Waals surface area (Å²) < 4.78 is 13.0. The summed E-state index contributed by atoms with van der Waals surface area (Å²) in [5.74, 6) is -0.0478. The van der Waals surface area contributed by atoms with E-state index in [1.807, 2.05) is 81.4 Å². The monoisotopic (exact) mass is 470 g/mol. The molecule has 3 aromatic rings. The van der Waals surface area contributed by atoms with E-state index in [0.29, 0.717) is 23.6 Å². The molecule has 0 radical (unpaired) electrons. The standard InChI is InChI=1S/C29H30N2O4/c1-6-34-25-15-13-24(14-16-25)31-21(5)27(29(33)35-7-2)26(28(31)32)18-22-17-19(3)30(20(22)4)23-11-9-8-10-12-23/h8-18H,6-7H2,1-5H3/b26-18+. The first-order valence-electron chi connectivity index (χ1n) is 11.8. The van der Waals surface area contributed by atoms with Gasteiger partial charge < -0.3 is 14.0 Å². The minimum atomic E-state index is -0.505. The van der Waals surface area contributed by atoms with Crippen LogP contribution in [0.5, 0.6) is 5.75 Å². The van der Waals surface area contributed by atoms with Gasteiger partial charge in [0, 0.05) is 28.5 Å². The van der Waals surface area contributed by atoms with Gasteiger partial charge in [0.05, 0.1) is 24.4 Å². The first-order chi connectivity index (χ1) is 16.9. The average molecular weight is 471 g/mol. The highest BCUT2D eigenvalue weighted by Gasteiger charge is 2.38. The van der Waals surface area contributed by atoms with Crippen molar-refractivity contribution in [3.63, 3.8) is 0 Å². The van der Waals surface area contributed by atoms with Crippen LogP contribution in [0.4, 0.5) is 5.69 Å². The van der Waals surface area contributed by atoms with Gasteiger partial charge in [-0.3, -0.25) is 9.69 Å². The molecule has 1 amide bonds. The molecule has 0 spiro atoms. The van der Waals surface area contributed by atoms with E-state index in [1.54, 1.807) is 24.8 Å². The largest absolute Gasteiger partial charge is 0.494 e. The predicted molar refractivity (Wildman–Crippen MR) is 138 cm³/mol. The molecule has 0 unspecified atom stereocenters. The number of carbonyl (C=O) groups excluding carboxylic acids is 2. The molecular weight excluding hydrogens is 440 g/mol. The Kier molecular flexibility index (Phi) is 6.92. The minimum Gasteiger partial charge on any atom is -0.494 e. The van der Waals surface area contributed by atoms with E-state index >= 15 is 0 Å². The van der Waals surface area contributed by atoms with Crippen molar-refractivity contribution >= 4 is 23.6 Å². The highest BCUT2D eigenvalue weighted by atomic mass is 16.5. The molecule has 4 rings (SSSR count). The number of ether oxygens (including phenoxy) is 2. The fraction of sp³-hybridized carbons (Fsp3) is 0.241. The zero-order valence-corrected chi connectivity index (χ0v) is 20.8. The average Bonchev–Trinajstić information content (AvgIpc) is 3.26. The van der Waals surface area contributed by atoms with Crippen molar-refractivity contribution in [2.24, 2.45) is 0 Å². The number of anilines is 1. The highest BCUT2D eigenvalue weighted by Crippen LogP contribution is 2.37. The molecule has 0 saturated carbocycles. The molecule has 6 heteroatoms. The van der Waals surface area contributed by atoms with Gasteiger partial charge in [-0.2, -0.15) is 0 Å². The fourth-order valence-corrected chi connectivity index (χ4v) is 4.51. The Morgan fingerprint density at radius 2 is 1.60 bits per heavy atom. The molecule has 0 saturated heterocycles. The smallest absolute Gasteiger partial charge is 0.340 e. The van der Waals surface area contributed by atoms with E-state index in [1.165, 1.54) is 0 Å². The molecule has 2 heterocycles. The number of esters is 1. The van der Waals surface area contributed by atoms with E-state index in [9.17, 15) is 9.59 Å². The second kappa shape index (κ2) is 10.1. The van der Waals surface area contributed by atoms with Crippen LogP contribution in [0.15, 0.2) is 77.5 Å². The van der Waals surface area contributed by atoms with Crippen molar-refractivity contribution in [3.8, 4) is 11.4 Å². The molecule has 0 N–H and O–H groups in total. The quantitative estimate of drug-likeness (QED) is 0.325. The van der Waals surface area contributed by atoms with Gasteiger partial charge >= 0.3 is 5.97 Å². The van der Waals surface area contributed by atoms with Crippen LogP contribution >= 0.6 is 0 Å². The van der Waals surface area contributed by atoms with E-state index in [2.05, 4.69) is 4.57 Å². The zero-order chi connectivity index (χ0) is 25.1. The van der Waals surface area contributed by atoms with Gasteiger partial charge in [-0.15, -0.1) is 0 Å². The van der Waals surface area contributed by atoms with Crippen molar-refractivity contribution < 1.29 is 19.1 Å². The normalized spacial score (nSPS) is 14.7. The van der Waals surface area contributed by atoms with Crippen LogP contribution in [0.1, 0.15) is 37.7 Å². The van der Waals surface area contributed by atoms with Crippen LogP contribution in [0.25, 0.3) is 11.8 Å². The molecule has 1 aromatic heterocycles. The lowest BCUT2D eigenvalue weighted by atomic mass is 10.0. The third-order valence-corrected chi connectivity index (χ3v) is 6.07. The number of aryl methyl sites for hydroxylation is 1. The van der Waals surface area contributed by atoms with Crippen LogP contribution in [0.3, 0.4) is 0 Å². The molecule has 1 aliphatic rings. The van der Waals surface area contributed by atoms with Gasteiger partial charge in [-0.1, -0.05) is 18.2 Å². The third kappa shape index (κ3) is 4.52. The van der Waals surface area contributed by atoms with Gasteiger partial charge in [0.25, 0.3) is 5.91 Å². The number of hydrogen-bond donors (Lipinski definition) is 0. The summed E-state index contributed by atoms with van der Waals surface area (Å²) in [6.07, 6.45) is 1.80. The number of nitrogens with zero attached hydrogens (tertiary/aromatic N) is 2. The van der Waals surface area contributed by atoms with Gasteiger partial charge in [0.1, 0.15) is 5.75 Å². The van der Waals surface area contributed by atoms with Crippen LogP contribution in [-0.4, -0.2) is 29.7 Å². The number of rotatable bonds is 7. The zero-order valence-electron chi connectivity index (χ0n) is 20.8. The van der Waals surface area contributed by atoms with E-state index in [4.69, 9.17) is 9.47 Å². The summed E-state index contributed by atoms with van der Waals surface area (Å²) in [4.78, 5) is 28.2. The molecule has 6 nitrogen and oxygen atoms in total. The van der Waals surface area contributed by atoms with Crippen LogP contribution in [0, 0.1) is 13.8 Å². The van der Waals surface area contributed by atoms with Crippen molar-refractivity contribution in [2.75, 3.05) is 18.1 Å². The number of hydrogen-bond acceptors (Lipinski definition) is 4. The van der Waals surface area contributed by atoms with Gasteiger partial charge in [0.2, 0.25) is 0 Å². The highest BCUT2D eigenvalue weighted by molar-refractivity contribution is 6.23. The first kappa shape index (κ1) is 24.1. The second-order valence-corrected chi connectivity index (χ2v) is 8.30. The lowest BCUT2D eigenvalue weighted by Gasteiger charge is -2.18. The van der Waals surface area contributed by atoms with Crippen molar-refractivity contribution in [1.29, 1.82) is 0 Å². The summed E-state index contributed by atoms with van der Waals surface area (Å²) in [6, 6.07) is 19.3. The third-order valence-electron chi connectivity index (χ3n) is 6.07. The number of amides is 1. The Labute approximate surface area is 206 Å². The number of aromatic nitrogens is 1. The Bertz CT molecular complexity index is 1310. The maximum atomic E-state index is 13.7. The Balaban J connectivity index is 1.80. The molecule has 2 aromatic carbocycles. The molecule has 35 heavy (non-hydrogen) atoms. The summed E-state index contributed by atoms with van der Waals surface area (Å²) >= 11 is 0. The van der Waals surface area contributed by atoms with Crippen LogP contribution < -0.4 is 9.64 Å². The number of allylic oxidation sites excluding steroid dienone is 1. The maximum Gasteiger partial charge on any atom is 0.340 e. The van der Waals surface area contributed by atoms with Crippen LogP contribution in [-0.2, 0) is 14.3 Å². The second-order valence-electron chi connectivity index (χ2n) is 8.30. The molecule has 0 bridgehead atoms. The van der Waals surface area contributed by atoms with Gasteiger partial charge in [-0.25, -0.2) is 4.79 Å². The summed E-state index contributed by atoms with van der Waals surface area (Å²) in [7, 11) is 0.